The molecule has 1 heterocycles. The van der Waals surface area contributed by atoms with E-state index in [1.807, 2.05) is 47.4 Å². The lowest BCUT2D eigenvalue weighted by atomic mass is 9.85. The quantitative estimate of drug-likeness (QED) is 0.511. The van der Waals surface area contributed by atoms with E-state index in [9.17, 15) is 19.8 Å². The van der Waals surface area contributed by atoms with Crippen LogP contribution in [0, 0.1) is 5.92 Å². The number of aliphatic carboxylic acids is 2. The summed E-state index contributed by atoms with van der Waals surface area (Å²) in [5.41, 5.74) is 6.44. The topological polar surface area (TPSA) is 77.8 Å². The van der Waals surface area contributed by atoms with Gasteiger partial charge in [0.25, 0.3) is 0 Å². The molecule has 3 aromatic carbocycles. The molecule has 3 unspecified atom stereocenters. The Morgan fingerprint density at radius 1 is 0.806 bits per heavy atom. The summed E-state index contributed by atoms with van der Waals surface area (Å²) in [7, 11) is 0. The number of carboxylic acid groups (broad SMARTS) is 2. The predicted octanol–water partition coefficient (Wildman–Crippen LogP) is 4.60. The summed E-state index contributed by atoms with van der Waals surface area (Å²) in [5, 5.41) is 19.7. The van der Waals surface area contributed by atoms with Gasteiger partial charge in [-0.25, -0.2) is 4.79 Å². The number of hydrogen-bond donors (Lipinski definition) is 2. The second-order valence-corrected chi connectivity index (χ2v) is 8.23. The van der Waals surface area contributed by atoms with Crippen molar-refractivity contribution in [2.24, 2.45) is 5.92 Å². The van der Waals surface area contributed by atoms with Crippen molar-refractivity contribution in [1.82, 2.24) is 0 Å². The van der Waals surface area contributed by atoms with E-state index in [0.717, 1.165) is 27.9 Å². The smallest absolute Gasteiger partial charge is 0.327 e. The van der Waals surface area contributed by atoms with Gasteiger partial charge in [-0.3, -0.25) is 4.79 Å². The van der Waals surface area contributed by atoms with Crippen LogP contribution in [-0.4, -0.2) is 34.7 Å². The number of rotatable bonds is 4. The lowest BCUT2D eigenvalue weighted by molar-refractivity contribution is -0.151. The van der Waals surface area contributed by atoms with Gasteiger partial charge in [-0.1, -0.05) is 66.7 Å². The van der Waals surface area contributed by atoms with Crippen LogP contribution in [0.4, 0.5) is 5.69 Å². The monoisotopic (exact) mass is 413 g/mol. The minimum atomic E-state index is -1.09. The highest BCUT2D eigenvalue weighted by molar-refractivity contribution is 5.90. The average molecular weight is 413 g/mol. The molecule has 1 fully saturated rings. The van der Waals surface area contributed by atoms with Gasteiger partial charge < -0.3 is 15.1 Å². The number of anilines is 1. The molecule has 1 saturated heterocycles. The minimum Gasteiger partial charge on any atom is -0.481 e. The van der Waals surface area contributed by atoms with E-state index < -0.39 is 23.9 Å². The van der Waals surface area contributed by atoms with E-state index in [1.165, 1.54) is 5.56 Å². The zero-order chi connectivity index (χ0) is 21.5. The molecule has 31 heavy (non-hydrogen) atoms. The first-order chi connectivity index (χ1) is 15.1. The number of carboxylic acids is 2. The van der Waals surface area contributed by atoms with Crippen molar-refractivity contribution in [2.75, 3.05) is 11.4 Å². The molecule has 0 bridgehead atoms. The van der Waals surface area contributed by atoms with E-state index in [1.54, 1.807) is 0 Å². The molecular formula is C26H23NO4. The molecule has 2 aliphatic rings. The largest absolute Gasteiger partial charge is 0.481 e. The normalized spacial score (nSPS) is 21.9. The molecule has 1 aliphatic carbocycles. The number of benzene rings is 3. The van der Waals surface area contributed by atoms with Crippen molar-refractivity contribution in [1.29, 1.82) is 0 Å². The number of carbonyl (C=O) groups is 2. The fraction of sp³-hybridized carbons (Fsp3) is 0.231. The molecule has 0 saturated carbocycles. The zero-order valence-electron chi connectivity index (χ0n) is 16.9. The minimum absolute atomic E-state index is 0.0248. The Hall–Kier alpha value is -3.60. The highest BCUT2D eigenvalue weighted by Gasteiger charge is 2.43. The lowest BCUT2D eigenvalue weighted by Gasteiger charge is -2.40. The molecule has 2 N–H and O–H groups in total. The van der Waals surface area contributed by atoms with Crippen LogP contribution in [0.3, 0.4) is 0 Å². The van der Waals surface area contributed by atoms with Crippen LogP contribution >= 0.6 is 0 Å². The molecule has 3 atom stereocenters. The maximum Gasteiger partial charge on any atom is 0.327 e. The van der Waals surface area contributed by atoms with Crippen molar-refractivity contribution in [3.63, 3.8) is 0 Å². The Kier molecular flexibility index (Phi) is 4.74. The van der Waals surface area contributed by atoms with Crippen LogP contribution in [0.1, 0.15) is 35.4 Å². The van der Waals surface area contributed by atoms with Crippen LogP contribution in [0.25, 0.3) is 11.1 Å². The van der Waals surface area contributed by atoms with Crippen LogP contribution in [0.5, 0.6) is 0 Å². The number of nitrogens with zero attached hydrogens (tertiary/aromatic N) is 1. The predicted molar refractivity (Wildman–Crippen MR) is 118 cm³/mol. The van der Waals surface area contributed by atoms with Crippen LogP contribution < -0.4 is 4.90 Å². The van der Waals surface area contributed by atoms with Crippen LogP contribution in [0.15, 0.2) is 72.8 Å². The van der Waals surface area contributed by atoms with Crippen molar-refractivity contribution in [3.8, 4) is 11.1 Å². The molecule has 0 aromatic heterocycles. The van der Waals surface area contributed by atoms with Gasteiger partial charge in [0.15, 0.2) is 0 Å². The maximum atomic E-state index is 12.2. The van der Waals surface area contributed by atoms with Gasteiger partial charge in [-0.05, 0) is 46.7 Å². The van der Waals surface area contributed by atoms with E-state index in [-0.39, 0.29) is 5.92 Å². The molecule has 1 aliphatic heterocycles. The molecule has 3 aromatic rings. The van der Waals surface area contributed by atoms with Gasteiger partial charge in [0.05, 0.1) is 5.92 Å². The average Bonchev–Trinajstić information content (AvgIpc) is 3.13. The molecule has 5 nitrogen and oxygen atoms in total. The van der Waals surface area contributed by atoms with Gasteiger partial charge in [-0.15, -0.1) is 0 Å². The summed E-state index contributed by atoms with van der Waals surface area (Å²) < 4.78 is 0. The van der Waals surface area contributed by atoms with Crippen molar-refractivity contribution in [3.05, 3.63) is 89.5 Å². The summed E-state index contributed by atoms with van der Waals surface area (Å²) >= 11 is 0. The molecule has 5 rings (SSSR count). The highest BCUT2D eigenvalue weighted by atomic mass is 16.4. The molecule has 5 heteroatoms. The van der Waals surface area contributed by atoms with Gasteiger partial charge >= 0.3 is 11.9 Å². The number of piperidine rings is 1. The summed E-state index contributed by atoms with van der Waals surface area (Å²) in [4.78, 5) is 25.9. The fourth-order valence-electron chi connectivity index (χ4n) is 5.31. The SMILES string of the molecule is O=C(O)C1CCCN(c2cccc3c2C(c2ccccc2)c2ccccc2-3)C1C(=O)O. The summed E-state index contributed by atoms with van der Waals surface area (Å²) in [5.74, 6) is -3.09. The first-order valence-electron chi connectivity index (χ1n) is 10.6. The number of fused-ring (bicyclic) bond motifs is 3. The van der Waals surface area contributed by atoms with E-state index in [4.69, 9.17) is 0 Å². The second kappa shape index (κ2) is 7.58. The van der Waals surface area contributed by atoms with Crippen LogP contribution in [0.2, 0.25) is 0 Å². The molecule has 156 valence electrons. The Balaban J connectivity index is 1.72. The highest BCUT2D eigenvalue weighted by Crippen LogP contribution is 2.52. The third-order valence-electron chi connectivity index (χ3n) is 6.58. The van der Waals surface area contributed by atoms with E-state index in [2.05, 4.69) is 30.3 Å². The van der Waals surface area contributed by atoms with Crippen molar-refractivity contribution in [2.45, 2.75) is 24.8 Å². The number of hydrogen-bond acceptors (Lipinski definition) is 3. The third-order valence-corrected chi connectivity index (χ3v) is 6.58. The van der Waals surface area contributed by atoms with E-state index in [0.29, 0.717) is 19.4 Å². The Bertz CT molecular complexity index is 1160. The Morgan fingerprint density at radius 2 is 1.52 bits per heavy atom. The lowest BCUT2D eigenvalue weighted by Crippen LogP contribution is -2.53. The van der Waals surface area contributed by atoms with Gasteiger partial charge in [0.2, 0.25) is 0 Å². The van der Waals surface area contributed by atoms with Crippen LogP contribution in [-0.2, 0) is 9.59 Å². The summed E-state index contributed by atoms with van der Waals surface area (Å²) in [6.07, 6.45) is 1.02. The molecular weight excluding hydrogens is 390 g/mol. The second-order valence-electron chi connectivity index (χ2n) is 8.23. The standard InChI is InChI=1S/C26H23NO4/c28-25(29)20-13-7-15-27(24(20)26(30)31)21-14-6-12-19-17-10-4-5-11-18(17)22(23(19)21)16-8-2-1-3-9-16/h1-6,8-12,14,20,22,24H,7,13,15H2,(H,28,29)(H,30,31). The van der Waals surface area contributed by atoms with Crippen molar-refractivity contribution < 1.29 is 19.8 Å². The van der Waals surface area contributed by atoms with Gasteiger partial charge in [0.1, 0.15) is 6.04 Å². The van der Waals surface area contributed by atoms with Crippen molar-refractivity contribution >= 4 is 17.6 Å². The summed E-state index contributed by atoms with van der Waals surface area (Å²) in [6, 6.07) is 23.4. The molecule has 0 spiro atoms. The Labute approximate surface area is 180 Å². The molecule has 0 amide bonds. The first-order valence-corrected chi connectivity index (χ1v) is 10.6. The van der Waals surface area contributed by atoms with Gasteiger partial charge in [0, 0.05) is 18.2 Å². The van der Waals surface area contributed by atoms with Gasteiger partial charge in [-0.2, -0.15) is 0 Å². The maximum absolute atomic E-state index is 12.2. The van der Waals surface area contributed by atoms with E-state index >= 15 is 0 Å². The fourth-order valence-corrected chi connectivity index (χ4v) is 5.31. The first kappa shape index (κ1) is 19.4. The third kappa shape index (κ3) is 3.08. The summed E-state index contributed by atoms with van der Waals surface area (Å²) in [6.45, 7) is 0.523. The zero-order valence-corrected chi connectivity index (χ0v) is 16.9. The molecule has 0 radical (unpaired) electrons. The Morgan fingerprint density at radius 3 is 2.26 bits per heavy atom.